The Labute approximate surface area is 107 Å². The molecule has 1 fully saturated rings. The standard InChI is InChI=1S/C13H24F3NO/c1-9(12(2,3)18-4)17-11-7-5-6-10(8-11)13(14,15)16/h9-11,17H,5-8H2,1-4H3. The highest BCUT2D eigenvalue weighted by Crippen LogP contribution is 2.37. The summed E-state index contributed by atoms with van der Waals surface area (Å²) in [6.07, 6.45) is -2.14. The summed E-state index contributed by atoms with van der Waals surface area (Å²) in [5, 5.41) is 3.29. The lowest BCUT2D eigenvalue weighted by Gasteiger charge is -2.37. The number of hydrogen-bond donors (Lipinski definition) is 1. The molecule has 0 bridgehead atoms. The quantitative estimate of drug-likeness (QED) is 0.841. The lowest BCUT2D eigenvalue weighted by molar-refractivity contribution is -0.184. The van der Waals surface area contributed by atoms with Crippen LogP contribution in [0.3, 0.4) is 0 Å². The fourth-order valence-corrected chi connectivity index (χ4v) is 2.37. The van der Waals surface area contributed by atoms with E-state index >= 15 is 0 Å². The molecule has 0 aromatic heterocycles. The summed E-state index contributed by atoms with van der Waals surface area (Å²) < 4.78 is 43.4. The summed E-state index contributed by atoms with van der Waals surface area (Å²) in [5.41, 5.74) is -0.370. The molecule has 1 aliphatic rings. The minimum atomic E-state index is -4.06. The first-order chi connectivity index (χ1) is 8.16. The minimum Gasteiger partial charge on any atom is -0.377 e. The molecule has 1 rings (SSSR count). The van der Waals surface area contributed by atoms with Crippen LogP contribution in [0.2, 0.25) is 0 Å². The van der Waals surface area contributed by atoms with Crippen LogP contribution in [0.1, 0.15) is 46.5 Å². The molecule has 5 heteroatoms. The molecule has 3 atom stereocenters. The van der Waals surface area contributed by atoms with Crippen molar-refractivity contribution in [1.29, 1.82) is 0 Å². The second kappa shape index (κ2) is 5.78. The van der Waals surface area contributed by atoms with Crippen molar-refractivity contribution in [3.05, 3.63) is 0 Å². The van der Waals surface area contributed by atoms with Gasteiger partial charge >= 0.3 is 6.18 Å². The number of methoxy groups -OCH3 is 1. The van der Waals surface area contributed by atoms with E-state index in [1.807, 2.05) is 20.8 Å². The predicted molar refractivity (Wildman–Crippen MR) is 65.5 cm³/mol. The zero-order chi connectivity index (χ0) is 14.0. The Morgan fingerprint density at radius 1 is 1.22 bits per heavy atom. The average molecular weight is 267 g/mol. The Hall–Kier alpha value is -0.290. The first-order valence-electron chi connectivity index (χ1n) is 6.54. The largest absolute Gasteiger partial charge is 0.391 e. The third kappa shape index (κ3) is 4.12. The van der Waals surface area contributed by atoms with E-state index in [2.05, 4.69) is 5.32 Å². The van der Waals surface area contributed by atoms with E-state index in [4.69, 9.17) is 4.74 Å². The first kappa shape index (κ1) is 15.8. The van der Waals surface area contributed by atoms with Crippen LogP contribution in [0.25, 0.3) is 0 Å². The third-order valence-corrected chi connectivity index (χ3v) is 4.19. The average Bonchev–Trinajstić information content (AvgIpc) is 2.28. The molecule has 0 heterocycles. The van der Waals surface area contributed by atoms with Crippen molar-refractivity contribution in [2.24, 2.45) is 5.92 Å². The zero-order valence-corrected chi connectivity index (χ0v) is 11.6. The van der Waals surface area contributed by atoms with Crippen molar-refractivity contribution in [1.82, 2.24) is 5.32 Å². The molecular formula is C13H24F3NO. The van der Waals surface area contributed by atoms with Gasteiger partial charge in [-0.05, 0) is 40.0 Å². The molecule has 2 nitrogen and oxygen atoms in total. The van der Waals surface area contributed by atoms with Gasteiger partial charge in [0, 0.05) is 19.2 Å². The van der Waals surface area contributed by atoms with Gasteiger partial charge in [-0.1, -0.05) is 6.42 Å². The predicted octanol–water partition coefficient (Wildman–Crippen LogP) is 3.51. The molecule has 0 amide bonds. The number of ether oxygens (including phenoxy) is 1. The highest BCUT2D eigenvalue weighted by atomic mass is 19.4. The Balaban J connectivity index is 2.53. The molecule has 0 radical (unpaired) electrons. The van der Waals surface area contributed by atoms with Gasteiger partial charge in [-0.25, -0.2) is 0 Å². The summed E-state index contributed by atoms with van der Waals surface area (Å²) >= 11 is 0. The lowest BCUT2D eigenvalue weighted by atomic mass is 9.84. The van der Waals surface area contributed by atoms with E-state index < -0.39 is 12.1 Å². The van der Waals surface area contributed by atoms with Gasteiger partial charge in [0.15, 0.2) is 0 Å². The summed E-state index contributed by atoms with van der Waals surface area (Å²) in [5.74, 6) is -1.15. The maximum absolute atomic E-state index is 12.7. The van der Waals surface area contributed by atoms with Crippen molar-refractivity contribution < 1.29 is 17.9 Å². The van der Waals surface area contributed by atoms with Crippen LogP contribution < -0.4 is 5.32 Å². The molecule has 108 valence electrons. The van der Waals surface area contributed by atoms with E-state index in [1.54, 1.807) is 7.11 Å². The monoisotopic (exact) mass is 267 g/mol. The second-order valence-electron chi connectivity index (χ2n) is 5.80. The Bertz CT molecular complexity index is 265. The number of halogens is 3. The number of rotatable bonds is 4. The van der Waals surface area contributed by atoms with Crippen molar-refractivity contribution in [3.8, 4) is 0 Å². The molecule has 0 aromatic carbocycles. The Kier molecular flexibility index (Phi) is 5.06. The van der Waals surface area contributed by atoms with Crippen LogP contribution in [0.5, 0.6) is 0 Å². The molecule has 0 saturated heterocycles. The summed E-state index contributed by atoms with van der Waals surface area (Å²) in [6, 6.07) is -0.0331. The van der Waals surface area contributed by atoms with Crippen LogP contribution >= 0.6 is 0 Å². The van der Waals surface area contributed by atoms with Crippen LogP contribution in [0.15, 0.2) is 0 Å². The Morgan fingerprint density at radius 2 is 1.83 bits per heavy atom. The van der Waals surface area contributed by atoms with Crippen molar-refractivity contribution >= 4 is 0 Å². The third-order valence-electron chi connectivity index (χ3n) is 4.19. The normalized spacial score (nSPS) is 28.2. The van der Waals surface area contributed by atoms with Gasteiger partial charge < -0.3 is 10.1 Å². The molecule has 0 aromatic rings. The fourth-order valence-electron chi connectivity index (χ4n) is 2.37. The van der Waals surface area contributed by atoms with Crippen LogP contribution in [-0.4, -0.2) is 31.0 Å². The van der Waals surface area contributed by atoms with Crippen molar-refractivity contribution in [2.75, 3.05) is 7.11 Å². The van der Waals surface area contributed by atoms with E-state index in [-0.39, 0.29) is 30.5 Å². The van der Waals surface area contributed by atoms with Gasteiger partial charge in [0.05, 0.1) is 11.5 Å². The van der Waals surface area contributed by atoms with Gasteiger partial charge in [0.1, 0.15) is 0 Å². The molecule has 1 N–H and O–H groups in total. The lowest BCUT2D eigenvalue weighted by Crippen LogP contribution is -2.51. The fraction of sp³-hybridized carbons (Fsp3) is 1.00. The van der Waals surface area contributed by atoms with Gasteiger partial charge in [-0.2, -0.15) is 13.2 Å². The van der Waals surface area contributed by atoms with E-state index in [0.717, 1.165) is 6.42 Å². The highest BCUT2D eigenvalue weighted by molar-refractivity contribution is 4.88. The second-order valence-corrected chi connectivity index (χ2v) is 5.80. The van der Waals surface area contributed by atoms with Crippen LogP contribution in [0, 0.1) is 5.92 Å². The van der Waals surface area contributed by atoms with Crippen molar-refractivity contribution in [2.45, 2.75) is 70.3 Å². The minimum absolute atomic E-state index is 0.0273. The summed E-state index contributed by atoms with van der Waals surface area (Å²) in [7, 11) is 1.62. The van der Waals surface area contributed by atoms with Crippen LogP contribution in [0.4, 0.5) is 13.2 Å². The molecule has 1 aliphatic carbocycles. The zero-order valence-electron chi connectivity index (χ0n) is 11.6. The van der Waals surface area contributed by atoms with Gasteiger partial charge in [-0.15, -0.1) is 0 Å². The topological polar surface area (TPSA) is 21.3 Å². The van der Waals surface area contributed by atoms with E-state index in [9.17, 15) is 13.2 Å². The number of hydrogen-bond acceptors (Lipinski definition) is 2. The smallest absolute Gasteiger partial charge is 0.377 e. The molecular weight excluding hydrogens is 243 g/mol. The molecule has 0 aliphatic heterocycles. The molecule has 3 unspecified atom stereocenters. The summed E-state index contributed by atoms with van der Waals surface area (Å²) in [4.78, 5) is 0. The molecule has 18 heavy (non-hydrogen) atoms. The molecule has 1 saturated carbocycles. The number of nitrogens with one attached hydrogen (secondary N) is 1. The molecule has 0 spiro atoms. The highest BCUT2D eigenvalue weighted by Gasteiger charge is 2.42. The maximum atomic E-state index is 12.7. The maximum Gasteiger partial charge on any atom is 0.391 e. The number of alkyl halides is 3. The Morgan fingerprint density at radius 3 is 2.33 bits per heavy atom. The van der Waals surface area contributed by atoms with Gasteiger partial charge in [0.25, 0.3) is 0 Å². The first-order valence-corrected chi connectivity index (χ1v) is 6.54. The SMILES string of the molecule is COC(C)(C)C(C)NC1CCCC(C(F)(F)F)C1. The summed E-state index contributed by atoms with van der Waals surface area (Å²) in [6.45, 7) is 5.84. The van der Waals surface area contributed by atoms with Gasteiger partial charge in [0.2, 0.25) is 0 Å². The van der Waals surface area contributed by atoms with E-state index in [0.29, 0.717) is 6.42 Å². The van der Waals surface area contributed by atoms with Crippen LogP contribution in [-0.2, 0) is 4.74 Å². The van der Waals surface area contributed by atoms with E-state index in [1.165, 1.54) is 0 Å². The van der Waals surface area contributed by atoms with Crippen molar-refractivity contribution in [3.63, 3.8) is 0 Å². The van der Waals surface area contributed by atoms with Gasteiger partial charge in [-0.3, -0.25) is 0 Å².